The van der Waals surface area contributed by atoms with Gasteiger partial charge in [-0.25, -0.2) is 21.9 Å². The predicted octanol–water partition coefficient (Wildman–Crippen LogP) is 0.531. The zero-order valence-electron chi connectivity index (χ0n) is 15.4. The summed E-state index contributed by atoms with van der Waals surface area (Å²) in [5.74, 6) is -1.51. The first-order valence-corrected chi connectivity index (χ1v) is 9.95. The molecule has 0 spiro atoms. The molecule has 1 aliphatic heterocycles. The molecule has 0 amide bonds. The van der Waals surface area contributed by atoms with Crippen molar-refractivity contribution in [2.45, 2.75) is 11.4 Å². The van der Waals surface area contributed by atoms with Crippen LogP contribution in [0.25, 0.3) is 0 Å². The van der Waals surface area contributed by atoms with Crippen LogP contribution in [0.1, 0.15) is 5.82 Å². The Hall–Kier alpha value is -2.44. The van der Waals surface area contributed by atoms with E-state index in [0.717, 1.165) is 18.2 Å². The van der Waals surface area contributed by atoms with Crippen molar-refractivity contribution in [1.29, 1.82) is 0 Å². The first-order valence-electron chi connectivity index (χ1n) is 8.46. The van der Waals surface area contributed by atoms with Gasteiger partial charge in [0.1, 0.15) is 11.6 Å². The molecule has 1 aromatic carbocycles. The van der Waals surface area contributed by atoms with Crippen molar-refractivity contribution in [3.8, 4) is 0 Å². The van der Waals surface area contributed by atoms with Gasteiger partial charge in [-0.1, -0.05) is 6.07 Å². The van der Waals surface area contributed by atoms with E-state index in [0.29, 0.717) is 38.2 Å². The van der Waals surface area contributed by atoms with Gasteiger partial charge in [-0.05, 0) is 12.1 Å². The van der Waals surface area contributed by atoms with Crippen LogP contribution in [0.15, 0.2) is 23.1 Å². The van der Waals surface area contributed by atoms with E-state index in [9.17, 15) is 17.2 Å². The smallest absolute Gasteiger partial charge is 0.246 e. The number of aromatic nitrogens is 3. The molecule has 0 atom stereocenters. The number of hydrogen-bond acceptors (Lipinski definition) is 8. The van der Waals surface area contributed by atoms with Gasteiger partial charge < -0.3 is 14.5 Å². The summed E-state index contributed by atoms with van der Waals surface area (Å²) in [5.41, 5.74) is 0. The number of nitrogens with zero attached hydrogens (tertiary/aromatic N) is 5. The second kappa shape index (κ2) is 8.29. The quantitative estimate of drug-likeness (QED) is 0.731. The maximum absolute atomic E-state index is 13.8. The van der Waals surface area contributed by atoms with E-state index in [1.807, 2.05) is 4.90 Å². The molecule has 1 aliphatic rings. The van der Waals surface area contributed by atoms with Gasteiger partial charge in [0.25, 0.3) is 0 Å². The topological polar surface area (TPSA) is 101 Å². The molecule has 2 aromatic rings. The Morgan fingerprint density at radius 2 is 1.79 bits per heavy atom. The van der Waals surface area contributed by atoms with E-state index >= 15 is 0 Å². The molecule has 1 saturated heterocycles. The molecule has 12 heteroatoms. The molecule has 2 heterocycles. The van der Waals surface area contributed by atoms with Crippen molar-refractivity contribution in [3.05, 3.63) is 35.7 Å². The molecule has 3 rings (SSSR count). The van der Waals surface area contributed by atoms with Crippen LogP contribution in [-0.4, -0.2) is 63.8 Å². The zero-order chi connectivity index (χ0) is 20.3. The van der Waals surface area contributed by atoms with Crippen molar-refractivity contribution in [2.75, 3.05) is 50.2 Å². The molecule has 0 aliphatic carbocycles. The average molecular weight is 414 g/mol. The maximum Gasteiger partial charge on any atom is 0.246 e. The Balaban J connectivity index is 1.86. The molecule has 152 valence electrons. The molecular weight excluding hydrogens is 394 g/mol. The minimum absolute atomic E-state index is 0.125. The van der Waals surface area contributed by atoms with Crippen LogP contribution >= 0.6 is 0 Å². The molecule has 1 fully saturated rings. The van der Waals surface area contributed by atoms with Gasteiger partial charge in [0.05, 0.1) is 19.8 Å². The lowest BCUT2D eigenvalue weighted by atomic mass is 10.3. The number of halogens is 2. The van der Waals surface area contributed by atoms with Gasteiger partial charge in [0.2, 0.25) is 21.9 Å². The van der Waals surface area contributed by atoms with E-state index < -0.39 is 26.6 Å². The molecule has 1 N–H and O–H groups in total. The summed E-state index contributed by atoms with van der Waals surface area (Å²) < 4.78 is 59.8. The Kier molecular flexibility index (Phi) is 6.01. The summed E-state index contributed by atoms with van der Waals surface area (Å²) in [6.45, 7) is 1.87. The minimum atomic E-state index is -4.44. The maximum atomic E-state index is 13.8. The van der Waals surface area contributed by atoms with E-state index in [-0.39, 0.29) is 12.4 Å². The fourth-order valence-corrected chi connectivity index (χ4v) is 3.66. The first-order chi connectivity index (χ1) is 13.3. The summed E-state index contributed by atoms with van der Waals surface area (Å²) in [6, 6.07) is 2.84. The van der Waals surface area contributed by atoms with Gasteiger partial charge in [-0.2, -0.15) is 15.0 Å². The highest BCUT2D eigenvalue weighted by molar-refractivity contribution is 7.89. The highest BCUT2D eigenvalue weighted by Gasteiger charge is 2.24. The lowest BCUT2D eigenvalue weighted by Gasteiger charge is -2.27. The third kappa shape index (κ3) is 4.51. The van der Waals surface area contributed by atoms with Crippen LogP contribution in [0.2, 0.25) is 0 Å². The van der Waals surface area contributed by atoms with Crippen LogP contribution in [-0.2, 0) is 21.3 Å². The minimum Gasteiger partial charge on any atom is -0.378 e. The second-order valence-electron chi connectivity index (χ2n) is 6.22. The molecule has 0 bridgehead atoms. The number of anilines is 2. The Morgan fingerprint density at radius 1 is 1.14 bits per heavy atom. The van der Waals surface area contributed by atoms with Gasteiger partial charge in [0.15, 0.2) is 10.7 Å². The van der Waals surface area contributed by atoms with Gasteiger partial charge in [-0.15, -0.1) is 0 Å². The number of sulfonamides is 1. The van der Waals surface area contributed by atoms with E-state index in [1.54, 1.807) is 19.0 Å². The number of nitrogens with one attached hydrogen (secondary N) is 1. The summed E-state index contributed by atoms with van der Waals surface area (Å²) in [4.78, 5) is 15.4. The molecular formula is C16H20F2N6O3S. The van der Waals surface area contributed by atoms with Crippen molar-refractivity contribution >= 4 is 21.9 Å². The monoisotopic (exact) mass is 414 g/mol. The van der Waals surface area contributed by atoms with Crippen LogP contribution in [0.4, 0.5) is 20.7 Å². The number of benzene rings is 1. The van der Waals surface area contributed by atoms with Gasteiger partial charge in [-0.3, -0.25) is 0 Å². The van der Waals surface area contributed by atoms with E-state index in [1.165, 1.54) is 0 Å². The lowest BCUT2D eigenvalue weighted by molar-refractivity contribution is 0.122. The fourth-order valence-electron chi connectivity index (χ4n) is 2.55. The summed E-state index contributed by atoms with van der Waals surface area (Å²) in [6.07, 6.45) is 0. The van der Waals surface area contributed by atoms with Crippen LogP contribution in [0.5, 0.6) is 0 Å². The fraction of sp³-hybridized carbons (Fsp3) is 0.438. The lowest BCUT2D eigenvalue weighted by Crippen LogP contribution is -2.38. The van der Waals surface area contributed by atoms with Gasteiger partial charge in [0, 0.05) is 27.2 Å². The SMILES string of the molecule is CN(C)c1nc(CNS(=O)(=O)c2c(F)cccc2F)nc(N2CCOCC2)n1. The number of rotatable bonds is 6. The first kappa shape index (κ1) is 20.3. The molecule has 0 unspecified atom stereocenters. The van der Waals surface area contributed by atoms with Crippen LogP contribution < -0.4 is 14.5 Å². The van der Waals surface area contributed by atoms with Crippen LogP contribution in [0.3, 0.4) is 0 Å². The van der Waals surface area contributed by atoms with E-state index in [4.69, 9.17) is 4.74 Å². The van der Waals surface area contributed by atoms with Crippen molar-refractivity contribution in [3.63, 3.8) is 0 Å². The van der Waals surface area contributed by atoms with Crippen LogP contribution in [0, 0.1) is 11.6 Å². The Morgan fingerprint density at radius 3 is 2.39 bits per heavy atom. The average Bonchev–Trinajstić information content (AvgIpc) is 2.66. The summed E-state index contributed by atoms with van der Waals surface area (Å²) in [7, 11) is -0.964. The highest BCUT2D eigenvalue weighted by atomic mass is 32.2. The van der Waals surface area contributed by atoms with Crippen molar-refractivity contribution in [2.24, 2.45) is 0 Å². The Bertz CT molecular complexity index is 931. The zero-order valence-corrected chi connectivity index (χ0v) is 16.2. The molecule has 9 nitrogen and oxygen atoms in total. The summed E-state index contributed by atoms with van der Waals surface area (Å²) in [5, 5.41) is 0. The van der Waals surface area contributed by atoms with E-state index in [2.05, 4.69) is 19.7 Å². The number of hydrogen-bond donors (Lipinski definition) is 1. The largest absolute Gasteiger partial charge is 0.378 e. The number of morpholine rings is 1. The van der Waals surface area contributed by atoms with Crippen molar-refractivity contribution < 1.29 is 21.9 Å². The third-order valence-corrected chi connectivity index (χ3v) is 5.41. The third-order valence-electron chi connectivity index (χ3n) is 3.96. The highest BCUT2D eigenvalue weighted by Crippen LogP contribution is 2.19. The van der Waals surface area contributed by atoms with Crippen molar-refractivity contribution in [1.82, 2.24) is 19.7 Å². The molecule has 28 heavy (non-hydrogen) atoms. The summed E-state index contributed by atoms with van der Waals surface area (Å²) >= 11 is 0. The second-order valence-corrected chi connectivity index (χ2v) is 7.92. The normalized spacial score (nSPS) is 14.9. The number of ether oxygens (including phenoxy) is 1. The molecule has 0 radical (unpaired) electrons. The molecule has 1 aromatic heterocycles. The predicted molar refractivity (Wildman–Crippen MR) is 97.6 cm³/mol. The molecule has 0 saturated carbocycles. The Labute approximate surface area is 161 Å². The van der Waals surface area contributed by atoms with Gasteiger partial charge >= 0.3 is 0 Å². The standard InChI is InChI=1S/C16H20F2N6O3S/c1-23(2)15-20-13(21-16(22-15)24-6-8-27-9-7-24)10-19-28(25,26)14-11(17)4-3-5-12(14)18/h3-5,19H,6-10H2,1-2H3.